The zero-order valence-corrected chi connectivity index (χ0v) is 21.6. The van der Waals surface area contributed by atoms with Crippen LogP contribution in [0.1, 0.15) is 36.3 Å². The Morgan fingerprint density at radius 3 is 2.66 bits per heavy atom. The third-order valence-corrected chi connectivity index (χ3v) is 8.45. The van der Waals surface area contributed by atoms with Crippen molar-refractivity contribution < 1.29 is 9.53 Å². The molecule has 0 bridgehead atoms. The number of anilines is 1. The van der Waals surface area contributed by atoms with Gasteiger partial charge in [-0.25, -0.2) is 4.98 Å². The summed E-state index contributed by atoms with van der Waals surface area (Å²) in [6, 6.07) is 17.2. The van der Waals surface area contributed by atoms with Gasteiger partial charge in [0, 0.05) is 17.0 Å². The highest BCUT2D eigenvalue weighted by atomic mass is 32.2. The number of rotatable bonds is 6. The van der Waals surface area contributed by atoms with Gasteiger partial charge in [0.15, 0.2) is 5.16 Å². The summed E-state index contributed by atoms with van der Waals surface area (Å²) in [4.78, 5) is 33.3. The molecule has 6 nitrogen and oxygen atoms in total. The van der Waals surface area contributed by atoms with E-state index >= 15 is 0 Å². The fourth-order valence-electron chi connectivity index (χ4n) is 4.19. The van der Waals surface area contributed by atoms with Crippen molar-refractivity contribution in [3.8, 4) is 5.69 Å². The van der Waals surface area contributed by atoms with Crippen LogP contribution in [-0.4, -0.2) is 26.8 Å². The summed E-state index contributed by atoms with van der Waals surface area (Å²) in [5.41, 5.74) is 3.28. The topological polar surface area (TPSA) is 73.2 Å². The first-order valence-corrected chi connectivity index (χ1v) is 13.4. The van der Waals surface area contributed by atoms with Crippen molar-refractivity contribution >= 4 is 44.9 Å². The number of ether oxygens (including phenoxy) is 1. The summed E-state index contributed by atoms with van der Waals surface area (Å²) in [7, 11) is 0. The number of benzene rings is 2. The molecule has 3 heterocycles. The van der Waals surface area contributed by atoms with Crippen LogP contribution in [0, 0.1) is 6.92 Å². The van der Waals surface area contributed by atoms with E-state index < -0.39 is 0 Å². The molecule has 0 fully saturated rings. The Balaban J connectivity index is 1.52. The van der Waals surface area contributed by atoms with Gasteiger partial charge in [-0.3, -0.25) is 14.2 Å². The SMILES string of the molecule is CCC1(C)Cc2c(sc3nc(SCC(=O)Nc4ccc(C)cc4)n(-c4ccccc4)c(=O)c23)CO1. The lowest BCUT2D eigenvalue weighted by Crippen LogP contribution is -2.34. The minimum absolute atomic E-state index is 0.0968. The normalized spacial score (nSPS) is 17.3. The van der Waals surface area contributed by atoms with E-state index in [9.17, 15) is 9.59 Å². The molecule has 0 radical (unpaired) electrons. The van der Waals surface area contributed by atoms with E-state index in [0.29, 0.717) is 28.4 Å². The average molecular weight is 506 g/mol. The van der Waals surface area contributed by atoms with Crippen LogP contribution in [-0.2, 0) is 22.6 Å². The van der Waals surface area contributed by atoms with Crippen LogP contribution in [0.4, 0.5) is 5.69 Å². The Morgan fingerprint density at radius 2 is 1.94 bits per heavy atom. The fraction of sp³-hybridized carbons (Fsp3) is 0.296. The van der Waals surface area contributed by atoms with Crippen LogP contribution >= 0.6 is 23.1 Å². The van der Waals surface area contributed by atoms with Gasteiger partial charge in [-0.05, 0) is 50.1 Å². The largest absolute Gasteiger partial charge is 0.369 e. The molecule has 1 unspecified atom stereocenters. The van der Waals surface area contributed by atoms with Crippen LogP contribution < -0.4 is 10.9 Å². The molecule has 4 aromatic rings. The number of fused-ring (bicyclic) bond motifs is 3. The number of carbonyl (C=O) groups excluding carboxylic acids is 1. The maximum atomic E-state index is 13.9. The van der Waals surface area contributed by atoms with Crippen molar-refractivity contribution in [1.82, 2.24) is 9.55 Å². The maximum absolute atomic E-state index is 13.9. The number of aromatic nitrogens is 2. The lowest BCUT2D eigenvalue weighted by atomic mass is 9.90. The molecule has 5 rings (SSSR count). The summed E-state index contributed by atoms with van der Waals surface area (Å²) >= 11 is 2.78. The van der Waals surface area contributed by atoms with Crippen molar-refractivity contribution in [2.75, 3.05) is 11.1 Å². The molecule has 8 heteroatoms. The molecular formula is C27H27N3O3S2. The number of para-hydroxylation sites is 1. The number of hydrogen-bond acceptors (Lipinski definition) is 6. The molecule has 1 aliphatic heterocycles. The quantitative estimate of drug-likeness (QED) is 0.268. The molecule has 1 aliphatic rings. The molecule has 35 heavy (non-hydrogen) atoms. The number of nitrogens with one attached hydrogen (secondary N) is 1. The zero-order chi connectivity index (χ0) is 24.6. The van der Waals surface area contributed by atoms with Gasteiger partial charge in [-0.15, -0.1) is 11.3 Å². The summed E-state index contributed by atoms with van der Waals surface area (Å²) in [6.45, 7) is 6.70. The molecule has 0 saturated carbocycles. The number of amides is 1. The molecule has 0 saturated heterocycles. The predicted octanol–water partition coefficient (Wildman–Crippen LogP) is 5.73. The van der Waals surface area contributed by atoms with Gasteiger partial charge in [0.2, 0.25) is 5.91 Å². The molecule has 1 amide bonds. The second kappa shape index (κ2) is 9.60. The number of aryl methyl sites for hydroxylation is 1. The predicted molar refractivity (Wildman–Crippen MR) is 143 cm³/mol. The van der Waals surface area contributed by atoms with Crippen LogP contribution in [0.25, 0.3) is 15.9 Å². The van der Waals surface area contributed by atoms with Gasteiger partial charge < -0.3 is 10.1 Å². The Labute approximate surface area is 212 Å². The highest BCUT2D eigenvalue weighted by molar-refractivity contribution is 7.99. The van der Waals surface area contributed by atoms with E-state index in [1.165, 1.54) is 23.1 Å². The summed E-state index contributed by atoms with van der Waals surface area (Å²) < 4.78 is 7.75. The third kappa shape index (κ3) is 4.78. The van der Waals surface area contributed by atoms with Gasteiger partial charge in [0.1, 0.15) is 4.83 Å². The lowest BCUT2D eigenvalue weighted by molar-refractivity contribution is -0.113. The highest BCUT2D eigenvalue weighted by Crippen LogP contribution is 2.39. The number of hydrogen-bond donors (Lipinski definition) is 1. The first kappa shape index (κ1) is 23.8. The van der Waals surface area contributed by atoms with Gasteiger partial charge in [0.05, 0.1) is 29.0 Å². The van der Waals surface area contributed by atoms with E-state index in [1.54, 1.807) is 4.57 Å². The summed E-state index contributed by atoms with van der Waals surface area (Å²) in [6.07, 6.45) is 1.56. The lowest BCUT2D eigenvalue weighted by Gasteiger charge is -2.32. The minimum atomic E-state index is -0.285. The summed E-state index contributed by atoms with van der Waals surface area (Å²) in [5, 5.41) is 4.09. The van der Waals surface area contributed by atoms with Crippen molar-refractivity contribution in [2.24, 2.45) is 0 Å². The Morgan fingerprint density at radius 1 is 1.20 bits per heavy atom. The number of thioether (sulfide) groups is 1. The molecule has 0 aliphatic carbocycles. The molecule has 2 aromatic carbocycles. The van der Waals surface area contributed by atoms with Crippen LogP contribution in [0.2, 0.25) is 0 Å². The van der Waals surface area contributed by atoms with Crippen LogP contribution in [0.15, 0.2) is 64.5 Å². The van der Waals surface area contributed by atoms with Gasteiger partial charge >= 0.3 is 0 Å². The molecule has 1 atom stereocenters. The van der Waals surface area contributed by atoms with Crippen molar-refractivity contribution in [3.63, 3.8) is 0 Å². The Hall–Kier alpha value is -2.94. The first-order chi connectivity index (χ1) is 16.9. The summed E-state index contributed by atoms with van der Waals surface area (Å²) in [5.74, 6) is -0.00813. The van der Waals surface area contributed by atoms with Gasteiger partial charge in [-0.2, -0.15) is 0 Å². The van der Waals surface area contributed by atoms with Gasteiger partial charge in [-0.1, -0.05) is 54.6 Å². The van der Waals surface area contributed by atoms with Crippen molar-refractivity contribution in [2.45, 2.75) is 51.0 Å². The third-order valence-electron chi connectivity index (χ3n) is 6.41. The molecule has 180 valence electrons. The molecule has 1 N–H and O–H groups in total. The molecule has 0 spiro atoms. The average Bonchev–Trinajstić information content (AvgIpc) is 3.22. The highest BCUT2D eigenvalue weighted by Gasteiger charge is 2.33. The molecule has 2 aromatic heterocycles. The number of nitrogens with zero attached hydrogens (tertiary/aromatic N) is 2. The monoisotopic (exact) mass is 505 g/mol. The fourth-order valence-corrected chi connectivity index (χ4v) is 6.15. The Bertz CT molecular complexity index is 1440. The number of carbonyl (C=O) groups is 1. The Kier molecular flexibility index (Phi) is 6.53. The van der Waals surface area contributed by atoms with Gasteiger partial charge in [0.25, 0.3) is 5.56 Å². The zero-order valence-electron chi connectivity index (χ0n) is 20.0. The van der Waals surface area contributed by atoms with E-state index in [0.717, 1.165) is 33.8 Å². The van der Waals surface area contributed by atoms with E-state index in [-0.39, 0.29) is 22.8 Å². The van der Waals surface area contributed by atoms with E-state index in [2.05, 4.69) is 19.2 Å². The smallest absolute Gasteiger partial charge is 0.267 e. The van der Waals surface area contributed by atoms with E-state index in [1.807, 2.05) is 61.5 Å². The second-order valence-corrected chi connectivity index (χ2v) is 11.1. The van der Waals surface area contributed by atoms with Crippen LogP contribution in [0.3, 0.4) is 0 Å². The van der Waals surface area contributed by atoms with E-state index in [4.69, 9.17) is 9.72 Å². The first-order valence-electron chi connectivity index (χ1n) is 11.6. The van der Waals surface area contributed by atoms with Crippen molar-refractivity contribution in [1.29, 1.82) is 0 Å². The number of thiophene rings is 1. The standard InChI is InChI=1S/C27H27N3O3S2/c1-4-27(3)14-20-21(15-33-27)35-24-23(20)25(32)30(19-8-6-5-7-9-19)26(29-24)34-16-22(31)28-18-12-10-17(2)11-13-18/h5-13H,4,14-16H2,1-3H3,(H,28,31). The minimum Gasteiger partial charge on any atom is -0.369 e. The maximum Gasteiger partial charge on any atom is 0.267 e. The second-order valence-electron chi connectivity index (χ2n) is 9.03. The molecular weight excluding hydrogens is 478 g/mol. The van der Waals surface area contributed by atoms with Crippen LogP contribution in [0.5, 0.6) is 0 Å². The van der Waals surface area contributed by atoms with Crippen molar-refractivity contribution in [3.05, 3.63) is 81.0 Å².